The maximum Gasteiger partial charge on any atom is 0.254 e. The topological polar surface area (TPSA) is 54.7 Å². The predicted molar refractivity (Wildman–Crippen MR) is 106 cm³/mol. The highest BCUT2D eigenvalue weighted by Crippen LogP contribution is 2.24. The van der Waals surface area contributed by atoms with Crippen molar-refractivity contribution >= 4 is 33.9 Å². The number of carbonyl (C=O) groups excluding carboxylic acids is 2. The van der Waals surface area contributed by atoms with Crippen LogP contribution in [0.15, 0.2) is 59.0 Å². The van der Waals surface area contributed by atoms with Gasteiger partial charge in [-0.25, -0.2) is 0 Å². The highest BCUT2D eigenvalue weighted by Gasteiger charge is 2.28. The fourth-order valence-electron chi connectivity index (χ4n) is 3.53. The van der Waals surface area contributed by atoms with Crippen LogP contribution in [0.4, 0.5) is 0 Å². The summed E-state index contributed by atoms with van der Waals surface area (Å²) in [5.41, 5.74) is 0.730. The van der Waals surface area contributed by atoms with Crippen molar-refractivity contribution < 1.29 is 9.59 Å². The van der Waals surface area contributed by atoms with Crippen LogP contribution in [0.1, 0.15) is 23.2 Å². The largest absolute Gasteiger partial charge is 0.339 e. The number of benzene rings is 2. The first-order valence-electron chi connectivity index (χ1n) is 9.09. The first kappa shape index (κ1) is 17.7. The molecule has 6 heteroatoms. The van der Waals surface area contributed by atoms with Gasteiger partial charge in [-0.05, 0) is 29.7 Å². The third kappa shape index (κ3) is 3.57. The van der Waals surface area contributed by atoms with E-state index in [0.29, 0.717) is 30.7 Å². The molecule has 1 aromatic heterocycles. The number of fused-ring (bicyclic) bond motifs is 1. The van der Waals surface area contributed by atoms with E-state index in [2.05, 4.69) is 4.99 Å². The van der Waals surface area contributed by atoms with Gasteiger partial charge in [-0.1, -0.05) is 36.4 Å². The molecule has 0 aliphatic carbocycles. The minimum absolute atomic E-state index is 0.0410. The quantitative estimate of drug-likeness (QED) is 0.686. The number of thiazole rings is 1. The summed E-state index contributed by atoms with van der Waals surface area (Å²) >= 11 is 1.46. The lowest BCUT2D eigenvalue weighted by atomic mass is 9.95. The highest BCUT2D eigenvalue weighted by atomic mass is 32.1. The summed E-state index contributed by atoms with van der Waals surface area (Å²) in [4.78, 5) is 32.3. The lowest BCUT2D eigenvalue weighted by Gasteiger charge is -2.30. The molecule has 27 heavy (non-hydrogen) atoms. The van der Waals surface area contributed by atoms with Crippen LogP contribution in [0.5, 0.6) is 0 Å². The summed E-state index contributed by atoms with van der Waals surface area (Å²) in [7, 11) is 1.88. The third-order valence-corrected chi connectivity index (χ3v) is 5.96. The average molecular weight is 379 g/mol. The molecule has 5 nitrogen and oxygen atoms in total. The van der Waals surface area contributed by atoms with Gasteiger partial charge < -0.3 is 9.47 Å². The molecule has 0 N–H and O–H groups in total. The number of rotatable bonds is 2. The molecule has 1 saturated heterocycles. The van der Waals surface area contributed by atoms with E-state index >= 15 is 0 Å². The molecule has 0 radical (unpaired) electrons. The molecule has 4 rings (SSSR count). The van der Waals surface area contributed by atoms with Crippen molar-refractivity contribution in [3.63, 3.8) is 0 Å². The predicted octanol–water partition coefficient (Wildman–Crippen LogP) is 3.22. The summed E-state index contributed by atoms with van der Waals surface area (Å²) in [5.74, 6) is -0.145. The molecule has 138 valence electrons. The van der Waals surface area contributed by atoms with Gasteiger partial charge in [-0.2, -0.15) is 4.99 Å². The Kier molecular flexibility index (Phi) is 4.90. The molecule has 2 aromatic carbocycles. The smallest absolute Gasteiger partial charge is 0.254 e. The van der Waals surface area contributed by atoms with Gasteiger partial charge >= 0.3 is 0 Å². The van der Waals surface area contributed by atoms with E-state index < -0.39 is 0 Å². The Morgan fingerprint density at radius 3 is 2.56 bits per heavy atom. The molecule has 2 heterocycles. The van der Waals surface area contributed by atoms with E-state index in [1.807, 2.05) is 70.6 Å². The van der Waals surface area contributed by atoms with Crippen molar-refractivity contribution in [2.75, 3.05) is 13.1 Å². The SMILES string of the molecule is Cn1ccsc1=NC(=O)C1CCN(C(=O)c2cccc3ccccc23)CC1. The molecule has 1 fully saturated rings. The Hall–Kier alpha value is -2.73. The van der Waals surface area contributed by atoms with E-state index in [0.717, 1.165) is 16.3 Å². The number of hydrogen-bond acceptors (Lipinski definition) is 3. The number of hydrogen-bond donors (Lipinski definition) is 0. The van der Waals surface area contributed by atoms with Crippen molar-refractivity contribution in [3.8, 4) is 0 Å². The maximum absolute atomic E-state index is 13.0. The van der Waals surface area contributed by atoms with Crippen LogP contribution in [-0.4, -0.2) is 34.4 Å². The van der Waals surface area contributed by atoms with Crippen LogP contribution in [0, 0.1) is 5.92 Å². The number of nitrogens with zero attached hydrogens (tertiary/aromatic N) is 3. The van der Waals surface area contributed by atoms with Crippen LogP contribution in [-0.2, 0) is 11.8 Å². The summed E-state index contributed by atoms with van der Waals surface area (Å²) < 4.78 is 1.85. The molecule has 3 aromatic rings. The van der Waals surface area contributed by atoms with Crippen molar-refractivity contribution in [1.82, 2.24) is 9.47 Å². The van der Waals surface area contributed by atoms with Gasteiger partial charge in [0.2, 0.25) is 0 Å². The van der Waals surface area contributed by atoms with E-state index in [1.54, 1.807) is 0 Å². The van der Waals surface area contributed by atoms with Gasteiger partial charge in [-0.3, -0.25) is 9.59 Å². The summed E-state index contributed by atoms with van der Waals surface area (Å²) in [6, 6.07) is 13.8. The molecule has 0 atom stereocenters. The maximum atomic E-state index is 13.0. The third-order valence-electron chi connectivity index (χ3n) is 5.12. The van der Waals surface area contributed by atoms with E-state index in [-0.39, 0.29) is 17.7 Å². The Balaban J connectivity index is 1.47. The number of likely N-dealkylation sites (tertiary alicyclic amines) is 1. The van der Waals surface area contributed by atoms with Crippen LogP contribution in [0.3, 0.4) is 0 Å². The molecular formula is C21H21N3O2S. The molecule has 0 unspecified atom stereocenters. The summed E-state index contributed by atoms with van der Waals surface area (Å²) in [6.07, 6.45) is 3.21. The number of aromatic nitrogens is 1. The first-order valence-corrected chi connectivity index (χ1v) is 9.97. The Morgan fingerprint density at radius 2 is 1.81 bits per heavy atom. The molecular weight excluding hydrogens is 358 g/mol. The fraction of sp³-hybridized carbons (Fsp3) is 0.286. The monoisotopic (exact) mass is 379 g/mol. The second-order valence-electron chi connectivity index (χ2n) is 6.84. The van der Waals surface area contributed by atoms with Gasteiger partial charge in [-0.15, -0.1) is 11.3 Å². The Bertz CT molecular complexity index is 1050. The Labute approximate surface area is 161 Å². The minimum atomic E-state index is -0.108. The van der Waals surface area contributed by atoms with Crippen LogP contribution in [0.25, 0.3) is 10.8 Å². The lowest BCUT2D eigenvalue weighted by Crippen LogP contribution is -2.40. The zero-order valence-electron chi connectivity index (χ0n) is 15.2. The summed E-state index contributed by atoms with van der Waals surface area (Å²) in [6.45, 7) is 1.18. The molecule has 1 aliphatic heterocycles. The molecule has 0 bridgehead atoms. The molecule has 0 saturated carbocycles. The Morgan fingerprint density at radius 1 is 1.07 bits per heavy atom. The van der Waals surface area contributed by atoms with Gasteiger partial charge in [0.15, 0.2) is 4.80 Å². The van der Waals surface area contributed by atoms with Gasteiger partial charge in [0.25, 0.3) is 11.8 Å². The standard InChI is InChI=1S/C21H21N3O2S/c1-23-13-14-27-21(23)22-19(25)16-9-11-24(12-10-16)20(26)18-8-4-6-15-5-2-3-7-17(15)18/h2-8,13-14,16H,9-12H2,1H3. The van der Waals surface area contributed by atoms with Gasteiger partial charge in [0.1, 0.15) is 0 Å². The van der Waals surface area contributed by atoms with Crippen molar-refractivity contribution in [3.05, 3.63) is 64.4 Å². The zero-order valence-corrected chi connectivity index (χ0v) is 16.0. The number of aryl methyl sites for hydroxylation is 1. The first-order chi connectivity index (χ1) is 13.1. The van der Waals surface area contributed by atoms with Crippen LogP contribution >= 0.6 is 11.3 Å². The van der Waals surface area contributed by atoms with Crippen molar-refractivity contribution in [2.45, 2.75) is 12.8 Å². The normalized spacial score (nSPS) is 16.0. The van der Waals surface area contributed by atoms with E-state index in [9.17, 15) is 9.59 Å². The lowest BCUT2D eigenvalue weighted by molar-refractivity contribution is -0.123. The second-order valence-corrected chi connectivity index (χ2v) is 7.71. The zero-order chi connectivity index (χ0) is 18.8. The van der Waals surface area contributed by atoms with Crippen LogP contribution in [0.2, 0.25) is 0 Å². The highest BCUT2D eigenvalue weighted by molar-refractivity contribution is 7.07. The van der Waals surface area contributed by atoms with Gasteiger partial charge in [0, 0.05) is 43.2 Å². The van der Waals surface area contributed by atoms with Crippen molar-refractivity contribution in [2.24, 2.45) is 18.0 Å². The summed E-state index contributed by atoms with van der Waals surface area (Å²) in [5, 5.41) is 3.96. The molecule has 1 aliphatic rings. The van der Waals surface area contributed by atoms with Gasteiger partial charge in [0.05, 0.1) is 0 Å². The van der Waals surface area contributed by atoms with E-state index in [1.165, 1.54) is 11.3 Å². The van der Waals surface area contributed by atoms with E-state index in [4.69, 9.17) is 0 Å². The number of amides is 2. The van der Waals surface area contributed by atoms with Crippen molar-refractivity contribution in [1.29, 1.82) is 0 Å². The second kappa shape index (κ2) is 7.48. The fourth-order valence-corrected chi connectivity index (χ4v) is 4.27. The minimum Gasteiger partial charge on any atom is -0.339 e. The molecule has 2 amide bonds. The van der Waals surface area contributed by atoms with Crippen LogP contribution < -0.4 is 4.80 Å². The number of carbonyl (C=O) groups is 2. The average Bonchev–Trinajstić information content (AvgIpc) is 3.11. The molecule has 0 spiro atoms. The number of piperidine rings is 1.